The lowest BCUT2D eigenvalue weighted by molar-refractivity contribution is 0.361. The summed E-state index contributed by atoms with van der Waals surface area (Å²) in [6, 6.07) is 13.3. The maximum atomic E-state index is 13.3. The fraction of sp³-hybridized carbons (Fsp3) is 0.304. The lowest BCUT2D eigenvalue weighted by Gasteiger charge is -2.30. The zero-order chi connectivity index (χ0) is 22.8. The molecule has 0 fully saturated rings. The third-order valence-corrected chi connectivity index (χ3v) is 9.09. The molecule has 1 aliphatic rings. The molecule has 0 bridgehead atoms. The fourth-order valence-electron chi connectivity index (χ4n) is 3.31. The Labute approximate surface area is 185 Å². The second kappa shape index (κ2) is 9.08. The Balaban J connectivity index is 1.97. The fourth-order valence-corrected chi connectivity index (χ4v) is 6.09. The van der Waals surface area contributed by atoms with E-state index in [-0.39, 0.29) is 36.0 Å². The van der Waals surface area contributed by atoms with Gasteiger partial charge in [0.05, 0.1) is 9.79 Å². The van der Waals surface area contributed by atoms with Gasteiger partial charge in [0.15, 0.2) is 0 Å². The molecule has 0 amide bonds. The zero-order valence-corrected chi connectivity index (χ0v) is 19.7. The first-order valence-corrected chi connectivity index (χ1v) is 12.9. The topological polar surface area (TPSA) is 74.8 Å². The van der Waals surface area contributed by atoms with Crippen molar-refractivity contribution in [3.05, 3.63) is 83.5 Å². The van der Waals surface area contributed by atoms with Gasteiger partial charge in [0.25, 0.3) is 0 Å². The van der Waals surface area contributed by atoms with Crippen LogP contribution in [-0.4, -0.2) is 51.6 Å². The second-order valence-corrected chi connectivity index (χ2v) is 11.7. The van der Waals surface area contributed by atoms with Crippen LogP contribution in [0.5, 0.6) is 0 Å². The summed E-state index contributed by atoms with van der Waals surface area (Å²) in [4.78, 5) is 0.379. The van der Waals surface area contributed by atoms with Crippen molar-refractivity contribution < 1.29 is 16.8 Å². The van der Waals surface area contributed by atoms with Crippen LogP contribution in [-0.2, 0) is 20.0 Å². The van der Waals surface area contributed by atoms with Gasteiger partial charge in [-0.15, -0.1) is 0 Å². The Kier molecular flexibility index (Phi) is 6.85. The number of rotatable bonds is 5. The van der Waals surface area contributed by atoms with E-state index in [2.05, 4.69) is 6.58 Å². The lowest BCUT2D eigenvalue weighted by Crippen LogP contribution is -2.43. The molecule has 2 aromatic rings. The summed E-state index contributed by atoms with van der Waals surface area (Å²) >= 11 is 0. The van der Waals surface area contributed by atoms with Crippen LogP contribution in [0, 0.1) is 13.8 Å². The summed E-state index contributed by atoms with van der Waals surface area (Å²) in [5.41, 5.74) is 3.34. The van der Waals surface area contributed by atoms with E-state index < -0.39 is 20.0 Å². The number of aryl methyl sites for hydroxylation is 2. The summed E-state index contributed by atoms with van der Waals surface area (Å²) in [6.45, 7) is 9.95. The summed E-state index contributed by atoms with van der Waals surface area (Å²) in [5, 5.41) is 0. The van der Waals surface area contributed by atoms with Gasteiger partial charge in [0.2, 0.25) is 20.0 Å². The maximum Gasteiger partial charge on any atom is 0.243 e. The van der Waals surface area contributed by atoms with Crippen molar-refractivity contribution in [3.63, 3.8) is 0 Å². The minimum absolute atomic E-state index is 0.0475. The van der Waals surface area contributed by atoms with E-state index in [9.17, 15) is 16.8 Å². The van der Waals surface area contributed by atoms with Crippen LogP contribution in [0.4, 0.5) is 0 Å². The number of hydrogen-bond donors (Lipinski definition) is 0. The van der Waals surface area contributed by atoms with Crippen molar-refractivity contribution in [2.45, 2.75) is 30.6 Å². The molecule has 0 atom stereocenters. The predicted molar refractivity (Wildman–Crippen MR) is 123 cm³/mol. The van der Waals surface area contributed by atoms with E-state index >= 15 is 0 Å². The predicted octanol–water partition coefficient (Wildman–Crippen LogP) is 3.50. The molecule has 1 heterocycles. The molecule has 0 N–H and O–H groups in total. The van der Waals surface area contributed by atoms with Crippen LogP contribution in [0.2, 0.25) is 0 Å². The van der Waals surface area contributed by atoms with Crippen molar-refractivity contribution >= 4 is 20.0 Å². The molecule has 0 unspecified atom stereocenters. The molecule has 0 aromatic heterocycles. The Bertz CT molecular complexity index is 1200. The minimum Gasteiger partial charge on any atom is -0.207 e. The average Bonchev–Trinajstić information content (AvgIpc) is 2.68. The van der Waals surface area contributed by atoms with Gasteiger partial charge in [-0.2, -0.15) is 8.61 Å². The quantitative estimate of drug-likeness (QED) is 0.684. The van der Waals surface area contributed by atoms with Gasteiger partial charge < -0.3 is 0 Å². The van der Waals surface area contributed by atoms with E-state index in [4.69, 9.17) is 0 Å². The van der Waals surface area contributed by atoms with Crippen LogP contribution >= 0.6 is 0 Å². The van der Waals surface area contributed by atoms with Crippen LogP contribution in [0.15, 0.2) is 82.1 Å². The summed E-state index contributed by atoms with van der Waals surface area (Å²) < 4.78 is 55.7. The Hall–Kier alpha value is -2.26. The SMILES string of the molecule is C=C(C)/C1=C/CN(S(=O)(=O)c2ccc(C)cc2)CCN(S(=O)(=O)c2ccc(C)cc2)C1. The van der Waals surface area contributed by atoms with E-state index in [1.807, 2.05) is 13.8 Å². The number of sulfonamides is 2. The molecular weight excluding hydrogens is 432 g/mol. The van der Waals surface area contributed by atoms with Crippen molar-refractivity contribution in [1.82, 2.24) is 8.61 Å². The highest BCUT2D eigenvalue weighted by Crippen LogP contribution is 2.23. The van der Waals surface area contributed by atoms with Crippen molar-refractivity contribution in [2.75, 3.05) is 26.2 Å². The number of benzene rings is 2. The van der Waals surface area contributed by atoms with Gasteiger partial charge in [0, 0.05) is 26.2 Å². The lowest BCUT2D eigenvalue weighted by atomic mass is 10.1. The Morgan fingerprint density at radius 3 is 1.65 bits per heavy atom. The molecule has 0 aliphatic carbocycles. The maximum absolute atomic E-state index is 13.3. The standard InChI is InChI=1S/C23H28N2O4S2/c1-18(2)21-13-14-24(30(26,27)22-9-5-19(3)6-10-22)15-16-25(17-21)31(28,29)23-11-7-20(4)8-12-23/h5-13H,1,14-17H2,2-4H3/b21-13+. The van der Waals surface area contributed by atoms with Crippen LogP contribution < -0.4 is 0 Å². The molecule has 3 rings (SSSR count). The highest BCUT2D eigenvalue weighted by atomic mass is 32.2. The molecule has 8 heteroatoms. The number of nitrogens with zero attached hydrogens (tertiary/aromatic N) is 2. The summed E-state index contributed by atoms with van der Waals surface area (Å²) in [6.07, 6.45) is 1.75. The summed E-state index contributed by atoms with van der Waals surface area (Å²) in [5.74, 6) is 0. The minimum atomic E-state index is -3.79. The van der Waals surface area contributed by atoms with E-state index in [1.165, 1.54) is 8.61 Å². The third kappa shape index (κ3) is 5.15. The van der Waals surface area contributed by atoms with Gasteiger partial charge in [-0.25, -0.2) is 16.8 Å². The number of hydrogen-bond acceptors (Lipinski definition) is 4. The molecule has 31 heavy (non-hydrogen) atoms. The first-order chi connectivity index (χ1) is 14.5. The monoisotopic (exact) mass is 460 g/mol. The molecule has 6 nitrogen and oxygen atoms in total. The Morgan fingerprint density at radius 1 is 0.774 bits per heavy atom. The third-order valence-electron chi connectivity index (χ3n) is 5.35. The van der Waals surface area contributed by atoms with Crippen LogP contribution in [0.3, 0.4) is 0 Å². The highest BCUT2D eigenvalue weighted by Gasteiger charge is 2.31. The largest absolute Gasteiger partial charge is 0.243 e. The van der Waals surface area contributed by atoms with E-state index in [0.717, 1.165) is 11.1 Å². The molecule has 0 radical (unpaired) electrons. The molecular formula is C23H28N2O4S2. The first kappa shape index (κ1) is 23.4. The molecule has 2 aromatic carbocycles. The van der Waals surface area contributed by atoms with Crippen molar-refractivity contribution in [3.8, 4) is 0 Å². The van der Waals surface area contributed by atoms with Gasteiger partial charge in [-0.05, 0) is 50.6 Å². The molecule has 166 valence electrons. The second-order valence-electron chi connectivity index (χ2n) is 7.84. The molecule has 1 aliphatic heterocycles. The van der Waals surface area contributed by atoms with E-state index in [0.29, 0.717) is 11.1 Å². The molecule has 0 saturated carbocycles. The normalized spacial score (nSPS) is 18.6. The zero-order valence-electron chi connectivity index (χ0n) is 18.1. The van der Waals surface area contributed by atoms with Gasteiger partial charge >= 0.3 is 0 Å². The van der Waals surface area contributed by atoms with E-state index in [1.54, 1.807) is 61.5 Å². The smallest absolute Gasteiger partial charge is 0.207 e. The first-order valence-electron chi connectivity index (χ1n) is 10.0. The van der Waals surface area contributed by atoms with Crippen molar-refractivity contribution in [2.24, 2.45) is 0 Å². The van der Waals surface area contributed by atoms with Gasteiger partial charge in [-0.3, -0.25) is 0 Å². The van der Waals surface area contributed by atoms with Crippen LogP contribution in [0.1, 0.15) is 18.1 Å². The highest BCUT2D eigenvalue weighted by molar-refractivity contribution is 7.89. The summed E-state index contributed by atoms with van der Waals surface area (Å²) in [7, 11) is -7.56. The average molecular weight is 461 g/mol. The molecule has 0 saturated heterocycles. The molecule has 0 spiro atoms. The van der Waals surface area contributed by atoms with Gasteiger partial charge in [0.1, 0.15) is 0 Å². The Morgan fingerprint density at radius 2 is 1.19 bits per heavy atom. The van der Waals surface area contributed by atoms with Gasteiger partial charge in [-0.1, -0.05) is 53.6 Å². The van der Waals surface area contributed by atoms with Crippen LogP contribution in [0.25, 0.3) is 0 Å². The van der Waals surface area contributed by atoms with Crippen molar-refractivity contribution in [1.29, 1.82) is 0 Å².